The number of rotatable bonds is 15. The highest BCUT2D eigenvalue weighted by Gasteiger charge is 2.48. The van der Waals surface area contributed by atoms with Gasteiger partial charge in [-0.3, -0.25) is 0 Å². The van der Waals surface area contributed by atoms with E-state index in [1.54, 1.807) is 0 Å². The van der Waals surface area contributed by atoms with Crippen LogP contribution < -0.4 is 0 Å². The molecular formula is C39H40N2O5. The number of hydrogen-bond acceptors (Lipinski definition) is 7. The summed E-state index contributed by atoms with van der Waals surface area (Å²) in [5.74, 6) is 0. The molecule has 5 atom stereocenters. The lowest BCUT2D eigenvalue weighted by atomic mass is 9.91. The van der Waals surface area contributed by atoms with Gasteiger partial charge in [0.25, 0.3) is 0 Å². The molecule has 1 saturated heterocycles. The van der Waals surface area contributed by atoms with Gasteiger partial charge >= 0.3 is 0 Å². The predicted octanol–water partition coefficient (Wildman–Crippen LogP) is 6.76. The lowest BCUT2D eigenvalue weighted by Crippen LogP contribution is -2.61. The molecule has 0 unspecified atom stereocenters. The third kappa shape index (κ3) is 9.16. The second-order valence-electron chi connectivity index (χ2n) is 11.4. The standard InChI is InChI=1S/C39H40N2O5/c1-5-13-30(14-6-1)24-42-28-36-38(44-26-32-17-9-3-10-18-32)39(45-27-33-19-11-4-12-20-33)37(43-25-31-15-7-2-8-16-31)35(46-36)21-34-22-40-29-41-23-34/h1-20,22-23,29,35-39H,21,24-28H2/t35-,36+,37-,38+,39+/m0/s1. The number of ether oxygens (including phenoxy) is 5. The first-order chi connectivity index (χ1) is 22.8. The third-order valence-corrected chi connectivity index (χ3v) is 8.03. The van der Waals surface area contributed by atoms with Gasteiger partial charge < -0.3 is 23.7 Å². The molecule has 2 heterocycles. The minimum atomic E-state index is -0.469. The van der Waals surface area contributed by atoms with E-state index in [-0.39, 0.29) is 6.10 Å². The number of benzene rings is 4. The van der Waals surface area contributed by atoms with E-state index in [9.17, 15) is 0 Å². The van der Waals surface area contributed by atoms with Gasteiger partial charge in [-0.2, -0.15) is 0 Å². The van der Waals surface area contributed by atoms with Crippen molar-refractivity contribution >= 4 is 0 Å². The zero-order valence-corrected chi connectivity index (χ0v) is 25.8. The second-order valence-corrected chi connectivity index (χ2v) is 11.4. The Kier molecular flexibility index (Phi) is 11.7. The van der Waals surface area contributed by atoms with Crippen LogP contribution in [-0.2, 0) is 56.5 Å². The van der Waals surface area contributed by atoms with Crippen LogP contribution in [0.15, 0.2) is 140 Å². The third-order valence-electron chi connectivity index (χ3n) is 8.03. The Hall–Kier alpha value is -4.24. The van der Waals surface area contributed by atoms with Gasteiger partial charge in [0.2, 0.25) is 0 Å². The SMILES string of the molecule is c1ccc(COC[C@H]2O[C@@H](Cc3cncnc3)[C@H](OCc3ccccc3)[C@@H](OCc3ccccc3)[C@@H]2OCc2ccccc2)cc1. The molecule has 46 heavy (non-hydrogen) atoms. The molecule has 0 aliphatic carbocycles. The monoisotopic (exact) mass is 616 g/mol. The van der Waals surface area contributed by atoms with Crippen LogP contribution in [0.25, 0.3) is 0 Å². The highest BCUT2D eigenvalue weighted by Crippen LogP contribution is 2.32. The van der Waals surface area contributed by atoms with E-state index in [1.165, 1.54) is 6.33 Å². The lowest BCUT2D eigenvalue weighted by molar-refractivity contribution is -0.272. The van der Waals surface area contributed by atoms with Gasteiger partial charge in [0.1, 0.15) is 30.7 Å². The molecule has 0 N–H and O–H groups in total. The molecule has 0 radical (unpaired) electrons. The molecule has 7 heteroatoms. The number of aromatic nitrogens is 2. The Morgan fingerprint density at radius 1 is 0.457 bits per heavy atom. The zero-order chi connectivity index (χ0) is 31.2. The van der Waals surface area contributed by atoms with Gasteiger partial charge in [-0.1, -0.05) is 121 Å². The summed E-state index contributed by atoms with van der Waals surface area (Å²) in [4.78, 5) is 8.51. The molecule has 236 valence electrons. The summed E-state index contributed by atoms with van der Waals surface area (Å²) in [6.45, 7) is 2.00. The maximum atomic E-state index is 6.90. The van der Waals surface area contributed by atoms with Gasteiger partial charge in [-0.15, -0.1) is 0 Å². The molecule has 0 saturated carbocycles. The van der Waals surface area contributed by atoms with Crippen molar-refractivity contribution in [3.8, 4) is 0 Å². The van der Waals surface area contributed by atoms with E-state index in [0.717, 1.165) is 27.8 Å². The first kappa shape index (κ1) is 31.7. The smallest absolute Gasteiger partial charge is 0.115 e. The van der Waals surface area contributed by atoms with Crippen molar-refractivity contribution in [2.45, 2.75) is 63.4 Å². The van der Waals surface area contributed by atoms with Crippen LogP contribution in [0.1, 0.15) is 27.8 Å². The molecule has 0 spiro atoms. The second kappa shape index (κ2) is 16.9. The van der Waals surface area contributed by atoms with Gasteiger partial charge in [0.15, 0.2) is 0 Å². The molecule has 1 aromatic heterocycles. The molecule has 1 fully saturated rings. The topological polar surface area (TPSA) is 71.9 Å². The molecule has 1 aliphatic heterocycles. The predicted molar refractivity (Wildman–Crippen MR) is 176 cm³/mol. The van der Waals surface area contributed by atoms with Crippen LogP contribution >= 0.6 is 0 Å². The Morgan fingerprint density at radius 2 is 0.870 bits per heavy atom. The Balaban J connectivity index is 1.31. The fraction of sp³-hybridized carbons (Fsp3) is 0.282. The summed E-state index contributed by atoms with van der Waals surface area (Å²) in [7, 11) is 0. The number of nitrogens with zero attached hydrogens (tertiary/aromatic N) is 2. The summed E-state index contributed by atoms with van der Waals surface area (Å²) in [6.07, 6.45) is 3.57. The number of hydrogen-bond donors (Lipinski definition) is 0. The summed E-state index contributed by atoms with van der Waals surface area (Å²) in [5, 5.41) is 0. The summed E-state index contributed by atoms with van der Waals surface area (Å²) in [5.41, 5.74) is 5.26. The highest BCUT2D eigenvalue weighted by atomic mass is 16.6. The van der Waals surface area contributed by atoms with E-state index < -0.39 is 24.4 Å². The largest absolute Gasteiger partial charge is 0.374 e. The van der Waals surface area contributed by atoms with Crippen molar-refractivity contribution in [1.29, 1.82) is 0 Å². The van der Waals surface area contributed by atoms with Crippen molar-refractivity contribution < 1.29 is 23.7 Å². The first-order valence-electron chi connectivity index (χ1n) is 15.8. The van der Waals surface area contributed by atoms with Crippen molar-refractivity contribution in [1.82, 2.24) is 9.97 Å². The average molecular weight is 617 g/mol. The molecule has 7 nitrogen and oxygen atoms in total. The Bertz CT molecular complexity index is 1540. The highest BCUT2D eigenvalue weighted by molar-refractivity contribution is 5.17. The maximum absolute atomic E-state index is 6.90. The van der Waals surface area contributed by atoms with Crippen molar-refractivity contribution in [2.75, 3.05) is 6.61 Å². The first-order valence-corrected chi connectivity index (χ1v) is 15.8. The molecule has 0 amide bonds. The molecule has 4 aromatic carbocycles. The molecule has 1 aliphatic rings. The van der Waals surface area contributed by atoms with E-state index >= 15 is 0 Å². The van der Waals surface area contributed by atoms with Crippen LogP contribution in [0.5, 0.6) is 0 Å². The van der Waals surface area contributed by atoms with E-state index in [4.69, 9.17) is 23.7 Å². The van der Waals surface area contributed by atoms with Gasteiger partial charge in [0, 0.05) is 18.8 Å². The van der Waals surface area contributed by atoms with Gasteiger partial charge in [0.05, 0.1) is 39.1 Å². The van der Waals surface area contributed by atoms with E-state index in [0.29, 0.717) is 39.5 Å². The van der Waals surface area contributed by atoms with Crippen LogP contribution in [0, 0.1) is 0 Å². The Morgan fingerprint density at radius 3 is 1.35 bits per heavy atom. The van der Waals surface area contributed by atoms with Crippen molar-refractivity contribution in [3.63, 3.8) is 0 Å². The summed E-state index contributed by atoms with van der Waals surface area (Å²) < 4.78 is 33.5. The van der Waals surface area contributed by atoms with Crippen LogP contribution in [0.4, 0.5) is 0 Å². The van der Waals surface area contributed by atoms with Gasteiger partial charge in [-0.05, 0) is 27.8 Å². The quantitative estimate of drug-likeness (QED) is 0.129. The minimum Gasteiger partial charge on any atom is -0.374 e. The molecule has 0 bridgehead atoms. The average Bonchev–Trinajstić information content (AvgIpc) is 3.12. The molecule has 5 aromatic rings. The van der Waals surface area contributed by atoms with E-state index in [2.05, 4.69) is 58.5 Å². The van der Waals surface area contributed by atoms with Crippen LogP contribution in [-0.4, -0.2) is 47.1 Å². The van der Waals surface area contributed by atoms with Crippen LogP contribution in [0.3, 0.4) is 0 Å². The maximum Gasteiger partial charge on any atom is 0.115 e. The Labute approximate surface area is 271 Å². The van der Waals surface area contributed by atoms with Gasteiger partial charge in [-0.25, -0.2) is 9.97 Å². The molecule has 6 rings (SSSR count). The molecular weight excluding hydrogens is 576 g/mol. The van der Waals surface area contributed by atoms with Crippen molar-refractivity contribution in [3.05, 3.63) is 168 Å². The van der Waals surface area contributed by atoms with E-state index in [1.807, 2.05) is 85.2 Å². The summed E-state index contributed by atoms with van der Waals surface area (Å²) >= 11 is 0. The zero-order valence-electron chi connectivity index (χ0n) is 25.8. The van der Waals surface area contributed by atoms with Crippen LogP contribution in [0.2, 0.25) is 0 Å². The fourth-order valence-corrected chi connectivity index (χ4v) is 5.72. The lowest BCUT2D eigenvalue weighted by Gasteiger charge is -2.46. The fourth-order valence-electron chi connectivity index (χ4n) is 5.72. The van der Waals surface area contributed by atoms with Crippen molar-refractivity contribution in [2.24, 2.45) is 0 Å². The summed E-state index contributed by atoms with van der Waals surface area (Å²) in [6, 6.07) is 40.7. The normalized spacial score (nSPS) is 21.2. The minimum absolute atomic E-state index is 0.326.